The topological polar surface area (TPSA) is 18.5 Å². The second kappa shape index (κ2) is 15.1. The Morgan fingerprint density at radius 3 is 1.81 bits per heavy atom. The SMILES string of the molecule is CCCCCCCCCCCOCCO[Si]. The summed E-state index contributed by atoms with van der Waals surface area (Å²) in [6.07, 6.45) is 12.3. The highest BCUT2D eigenvalue weighted by Gasteiger charge is 1.92. The number of hydrogen-bond acceptors (Lipinski definition) is 2. The van der Waals surface area contributed by atoms with Crippen molar-refractivity contribution in [1.82, 2.24) is 0 Å². The van der Waals surface area contributed by atoms with E-state index in [0.29, 0.717) is 13.2 Å². The zero-order valence-electron chi connectivity index (χ0n) is 10.8. The molecule has 0 rings (SSSR count). The first-order valence-corrected chi connectivity index (χ1v) is 7.19. The van der Waals surface area contributed by atoms with Gasteiger partial charge in [-0.3, -0.25) is 0 Å². The molecule has 2 nitrogen and oxygen atoms in total. The van der Waals surface area contributed by atoms with Crippen LogP contribution in [0.4, 0.5) is 0 Å². The van der Waals surface area contributed by atoms with Gasteiger partial charge in [-0.1, -0.05) is 58.3 Å². The predicted octanol–water partition coefficient (Wildman–Crippen LogP) is 3.63. The summed E-state index contributed by atoms with van der Waals surface area (Å²) >= 11 is 0. The standard InChI is InChI=1S/C13H27O2Si/c1-2-3-4-5-6-7-8-9-10-11-14-12-13-15-16/h2-13H2,1H3. The van der Waals surface area contributed by atoms with Gasteiger partial charge in [0.2, 0.25) is 10.5 Å². The van der Waals surface area contributed by atoms with Crippen molar-refractivity contribution >= 4 is 10.5 Å². The Kier molecular flexibility index (Phi) is 15.3. The largest absolute Gasteiger partial charge is 0.416 e. The number of ether oxygens (including phenoxy) is 1. The molecule has 0 saturated carbocycles. The molecule has 0 aromatic carbocycles. The predicted molar refractivity (Wildman–Crippen MR) is 69.8 cm³/mol. The Bertz CT molecular complexity index is 107. The third-order valence-electron chi connectivity index (χ3n) is 2.72. The fraction of sp³-hybridized carbons (Fsp3) is 1.00. The normalized spacial score (nSPS) is 10.9. The van der Waals surface area contributed by atoms with E-state index in [-0.39, 0.29) is 0 Å². The molecule has 95 valence electrons. The maximum absolute atomic E-state index is 5.38. The lowest BCUT2D eigenvalue weighted by Crippen LogP contribution is -2.03. The van der Waals surface area contributed by atoms with Crippen LogP contribution in [0.1, 0.15) is 64.7 Å². The van der Waals surface area contributed by atoms with Crippen LogP contribution < -0.4 is 0 Å². The van der Waals surface area contributed by atoms with Crippen LogP contribution in [-0.4, -0.2) is 30.3 Å². The highest BCUT2D eigenvalue weighted by atomic mass is 28.2. The molecule has 0 heterocycles. The molecule has 0 atom stereocenters. The smallest absolute Gasteiger partial charge is 0.246 e. The molecule has 0 saturated heterocycles. The molecule has 16 heavy (non-hydrogen) atoms. The molecule has 0 aliphatic carbocycles. The number of rotatable bonds is 13. The van der Waals surface area contributed by atoms with E-state index in [9.17, 15) is 0 Å². The van der Waals surface area contributed by atoms with Crippen LogP contribution in [-0.2, 0) is 9.16 Å². The summed E-state index contributed by atoms with van der Waals surface area (Å²) in [5.41, 5.74) is 0. The molecule has 0 fully saturated rings. The molecule has 0 aliphatic heterocycles. The lowest BCUT2D eigenvalue weighted by molar-refractivity contribution is 0.100. The molecule has 0 bridgehead atoms. The Morgan fingerprint density at radius 1 is 0.688 bits per heavy atom. The van der Waals surface area contributed by atoms with Gasteiger partial charge in [0.1, 0.15) is 0 Å². The fourth-order valence-electron chi connectivity index (χ4n) is 1.72. The van der Waals surface area contributed by atoms with Crippen molar-refractivity contribution in [3.8, 4) is 0 Å². The summed E-state index contributed by atoms with van der Waals surface area (Å²) in [6, 6.07) is 0. The average molecular weight is 243 g/mol. The minimum atomic E-state index is 0.633. The van der Waals surface area contributed by atoms with Crippen molar-refractivity contribution < 1.29 is 9.16 Å². The minimum Gasteiger partial charge on any atom is -0.416 e. The van der Waals surface area contributed by atoms with Gasteiger partial charge in [0.05, 0.1) is 13.2 Å². The second-order valence-corrected chi connectivity index (χ2v) is 4.58. The summed E-state index contributed by atoms with van der Waals surface area (Å²) in [6.45, 7) is 4.47. The third-order valence-corrected chi connectivity index (χ3v) is 2.93. The summed E-state index contributed by atoms with van der Waals surface area (Å²) in [5, 5.41) is 0. The van der Waals surface area contributed by atoms with Crippen molar-refractivity contribution in [2.24, 2.45) is 0 Å². The second-order valence-electron chi connectivity index (χ2n) is 4.29. The van der Waals surface area contributed by atoms with Crippen molar-refractivity contribution in [3.63, 3.8) is 0 Å². The first-order valence-electron chi connectivity index (χ1n) is 6.78. The minimum absolute atomic E-state index is 0.633. The summed E-state index contributed by atoms with van der Waals surface area (Å²) < 4.78 is 10.1. The van der Waals surface area contributed by atoms with E-state index >= 15 is 0 Å². The van der Waals surface area contributed by atoms with Crippen LogP contribution in [0.5, 0.6) is 0 Å². The Balaban J connectivity index is 2.83. The lowest BCUT2D eigenvalue weighted by Gasteiger charge is -2.03. The molecule has 0 spiro atoms. The van der Waals surface area contributed by atoms with Crippen molar-refractivity contribution in [1.29, 1.82) is 0 Å². The summed E-state index contributed by atoms with van der Waals surface area (Å²) in [4.78, 5) is 0. The summed E-state index contributed by atoms with van der Waals surface area (Å²) in [5.74, 6) is 0. The van der Waals surface area contributed by atoms with Crippen LogP contribution in [0.15, 0.2) is 0 Å². The van der Waals surface area contributed by atoms with E-state index in [4.69, 9.17) is 9.16 Å². The first kappa shape index (κ1) is 16.1. The maximum atomic E-state index is 5.38. The molecule has 0 N–H and O–H groups in total. The van der Waals surface area contributed by atoms with Gasteiger partial charge < -0.3 is 9.16 Å². The van der Waals surface area contributed by atoms with Gasteiger partial charge in [0, 0.05) is 6.61 Å². The average Bonchev–Trinajstić information content (AvgIpc) is 2.31. The highest BCUT2D eigenvalue weighted by molar-refractivity contribution is 5.97. The van der Waals surface area contributed by atoms with Gasteiger partial charge in [-0.15, -0.1) is 0 Å². The molecule has 0 aromatic heterocycles. The van der Waals surface area contributed by atoms with Crippen LogP contribution in [0.3, 0.4) is 0 Å². The van der Waals surface area contributed by atoms with Crippen molar-refractivity contribution in [3.05, 3.63) is 0 Å². The molecule has 0 amide bonds. The van der Waals surface area contributed by atoms with Crippen molar-refractivity contribution in [2.45, 2.75) is 64.7 Å². The van der Waals surface area contributed by atoms with E-state index in [1.54, 1.807) is 0 Å². The zero-order chi connectivity index (χ0) is 11.9. The van der Waals surface area contributed by atoms with Gasteiger partial charge >= 0.3 is 0 Å². The molecular weight excluding hydrogens is 216 g/mol. The van der Waals surface area contributed by atoms with Gasteiger partial charge in [0.25, 0.3) is 0 Å². The fourth-order valence-corrected chi connectivity index (χ4v) is 1.80. The lowest BCUT2D eigenvalue weighted by atomic mass is 10.1. The third kappa shape index (κ3) is 14.1. The summed E-state index contributed by atoms with van der Waals surface area (Å²) in [7, 11) is 2.94. The molecule has 3 radical (unpaired) electrons. The van der Waals surface area contributed by atoms with Gasteiger partial charge in [-0.25, -0.2) is 0 Å². The van der Waals surface area contributed by atoms with Crippen LogP contribution in [0.25, 0.3) is 0 Å². The maximum Gasteiger partial charge on any atom is 0.246 e. The van der Waals surface area contributed by atoms with Crippen molar-refractivity contribution in [2.75, 3.05) is 19.8 Å². The molecule has 3 heteroatoms. The van der Waals surface area contributed by atoms with Gasteiger partial charge in [0.15, 0.2) is 0 Å². The van der Waals surface area contributed by atoms with Crippen LogP contribution in [0, 0.1) is 0 Å². The van der Waals surface area contributed by atoms with E-state index in [2.05, 4.69) is 17.4 Å². The molecule has 0 aliphatic rings. The Labute approximate surface area is 105 Å². The van der Waals surface area contributed by atoms with E-state index in [0.717, 1.165) is 6.61 Å². The Morgan fingerprint density at radius 2 is 1.25 bits per heavy atom. The number of hydrogen-bond donors (Lipinski definition) is 0. The van der Waals surface area contributed by atoms with Crippen LogP contribution in [0.2, 0.25) is 0 Å². The zero-order valence-corrected chi connectivity index (χ0v) is 11.8. The van der Waals surface area contributed by atoms with E-state index in [1.165, 1.54) is 57.8 Å². The number of unbranched alkanes of at least 4 members (excludes halogenated alkanes) is 8. The first-order chi connectivity index (χ1) is 7.91. The monoisotopic (exact) mass is 243 g/mol. The van der Waals surface area contributed by atoms with Crippen LogP contribution >= 0.6 is 0 Å². The molecule has 0 unspecified atom stereocenters. The molecular formula is C13H27O2Si. The molecule has 0 aromatic rings. The van der Waals surface area contributed by atoms with E-state index < -0.39 is 0 Å². The van der Waals surface area contributed by atoms with Gasteiger partial charge in [-0.2, -0.15) is 0 Å². The highest BCUT2D eigenvalue weighted by Crippen LogP contribution is 2.09. The quantitative estimate of drug-likeness (QED) is 0.363. The van der Waals surface area contributed by atoms with Gasteiger partial charge in [-0.05, 0) is 6.42 Å². The van der Waals surface area contributed by atoms with E-state index in [1.807, 2.05) is 0 Å². The Hall–Kier alpha value is 0.137.